The van der Waals surface area contributed by atoms with Crippen molar-refractivity contribution < 1.29 is 19.4 Å². The number of carboxylic acid groups (broad SMARTS) is 1. The fourth-order valence-electron chi connectivity index (χ4n) is 3.87. The lowest BCUT2D eigenvalue weighted by atomic mass is 10.00. The average molecular weight is 511 g/mol. The molecule has 0 aliphatic heterocycles. The molecular formula is C27H34N4O4S. The number of anilines is 1. The molecule has 3 rings (SSSR count). The van der Waals surface area contributed by atoms with E-state index in [1.165, 1.54) is 11.9 Å². The van der Waals surface area contributed by atoms with Crippen LogP contribution in [0, 0.1) is 19.8 Å². The SMILES string of the molecule is COCN(Sc1cccc(C(=O)O)c1)c1nc(OC[C@H](N)CC(C)C)cc(-c2c(C)cccc2C)n1. The zero-order chi connectivity index (χ0) is 26.2. The number of ether oxygens (including phenoxy) is 2. The van der Waals surface area contributed by atoms with Gasteiger partial charge < -0.3 is 20.3 Å². The fourth-order valence-corrected chi connectivity index (χ4v) is 4.76. The van der Waals surface area contributed by atoms with Gasteiger partial charge in [0, 0.05) is 29.7 Å². The van der Waals surface area contributed by atoms with Crippen molar-refractivity contribution in [1.29, 1.82) is 0 Å². The van der Waals surface area contributed by atoms with Gasteiger partial charge in [-0.3, -0.25) is 4.31 Å². The third-order valence-electron chi connectivity index (χ3n) is 5.41. The molecule has 0 aliphatic rings. The molecule has 0 saturated heterocycles. The topological polar surface area (TPSA) is 111 Å². The monoisotopic (exact) mass is 510 g/mol. The van der Waals surface area contributed by atoms with Crippen molar-refractivity contribution in [3.63, 3.8) is 0 Å². The number of carboxylic acids is 1. The van der Waals surface area contributed by atoms with Crippen LogP contribution in [0.3, 0.4) is 0 Å². The summed E-state index contributed by atoms with van der Waals surface area (Å²) in [5.41, 5.74) is 10.4. The predicted molar refractivity (Wildman–Crippen MR) is 143 cm³/mol. The Bertz CT molecular complexity index is 1170. The highest BCUT2D eigenvalue weighted by Gasteiger charge is 2.19. The van der Waals surface area contributed by atoms with E-state index >= 15 is 0 Å². The van der Waals surface area contributed by atoms with Crippen molar-refractivity contribution in [2.24, 2.45) is 11.7 Å². The summed E-state index contributed by atoms with van der Waals surface area (Å²) in [6, 6.07) is 14.5. The van der Waals surface area contributed by atoms with Crippen LogP contribution in [0.1, 0.15) is 41.8 Å². The first-order valence-electron chi connectivity index (χ1n) is 11.8. The molecule has 0 unspecified atom stereocenters. The molecule has 1 heterocycles. The molecule has 192 valence electrons. The van der Waals surface area contributed by atoms with Gasteiger partial charge >= 0.3 is 5.97 Å². The standard InChI is InChI=1S/C27H34N4O4S/c1-17(2)12-21(28)15-35-24-14-23(25-18(3)8-6-9-19(25)4)29-27(30-24)31(16-34-5)36-22-11-7-10-20(13-22)26(32)33/h6-11,13-14,17,21H,12,15-16,28H2,1-5H3,(H,32,33)/t21-/m1/s1. The Morgan fingerprint density at radius 3 is 2.44 bits per heavy atom. The normalized spacial score (nSPS) is 12.0. The summed E-state index contributed by atoms with van der Waals surface area (Å²) in [6.07, 6.45) is 0.841. The molecule has 0 radical (unpaired) electrons. The van der Waals surface area contributed by atoms with Crippen molar-refractivity contribution in [2.75, 3.05) is 24.8 Å². The minimum absolute atomic E-state index is 0.115. The van der Waals surface area contributed by atoms with E-state index in [2.05, 4.69) is 18.8 Å². The summed E-state index contributed by atoms with van der Waals surface area (Å²) in [5, 5.41) is 9.37. The molecule has 1 aromatic heterocycles. The van der Waals surface area contributed by atoms with Crippen LogP contribution in [0.15, 0.2) is 53.4 Å². The number of carbonyl (C=O) groups is 1. The van der Waals surface area contributed by atoms with Gasteiger partial charge in [0.25, 0.3) is 0 Å². The molecule has 2 aromatic carbocycles. The lowest BCUT2D eigenvalue weighted by molar-refractivity contribution is 0.0696. The van der Waals surface area contributed by atoms with Crippen molar-refractivity contribution in [3.8, 4) is 17.1 Å². The maximum absolute atomic E-state index is 11.4. The predicted octanol–water partition coefficient (Wildman–Crippen LogP) is 5.33. The maximum atomic E-state index is 11.4. The molecule has 0 bridgehead atoms. The van der Waals surface area contributed by atoms with Crippen LogP contribution in [-0.4, -0.2) is 47.5 Å². The summed E-state index contributed by atoms with van der Waals surface area (Å²) in [7, 11) is 1.58. The van der Waals surface area contributed by atoms with E-state index in [0.717, 1.165) is 33.7 Å². The Morgan fingerprint density at radius 1 is 1.11 bits per heavy atom. The highest BCUT2D eigenvalue weighted by atomic mass is 32.2. The molecular weight excluding hydrogens is 476 g/mol. The zero-order valence-corrected chi connectivity index (χ0v) is 22.2. The van der Waals surface area contributed by atoms with Crippen LogP contribution < -0.4 is 14.8 Å². The molecule has 0 spiro atoms. The van der Waals surface area contributed by atoms with E-state index in [9.17, 15) is 9.90 Å². The Balaban J connectivity index is 2.02. The molecule has 36 heavy (non-hydrogen) atoms. The van der Waals surface area contributed by atoms with E-state index in [4.69, 9.17) is 20.2 Å². The second kappa shape index (κ2) is 12.7. The molecule has 0 saturated carbocycles. The Labute approximate surface area is 217 Å². The highest BCUT2D eigenvalue weighted by Crippen LogP contribution is 2.33. The number of rotatable bonds is 12. The van der Waals surface area contributed by atoms with Crippen molar-refractivity contribution in [3.05, 3.63) is 65.2 Å². The van der Waals surface area contributed by atoms with Crippen LogP contribution in [-0.2, 0) is 4.74 Å². The van der Waals surface area contributed by atoms with Crippen molar-refractivity contribution >= 4 is 23.9 Å². The van der Waals surface area contributed by atoms with E-state index in [1.807, 2.05) is 44.2 Å². The average Bonchev–Trinajstić information content (AvgIpc) is 2.82. The van der Waals surface area contributed by atoms with Crippen LogP contribution >= 0.6 is 11.9 Å². The Kier molecular flexibility index (Phi) is 9.69. The number of aromatic nitrogens is 2. The van der Waals surface area contributed by atoms with Crippen LogP contribution in [0.5, 0.6) is 5.88 Å². The van der Waals surface area contributed by atoms with Crippen molar-refractivity contribution in [1.82, 2.24) is 9.97 Å². The van der Waals surface area contributed by atoms with Crippen LogP contribution in [0.25, 0.3) is 11.3 Å². The smallest absolute Gasteiger partial charge is 0.335 e. The summed E-state index contributed by atoms with van der Waals surface area (Å²) in [5.74, 6) is 0.273. The first-order valence-corrected chi connectivity index (χ1v) is 12.6. The summed E-state index contributed by atoms with van der Waals surface area (Å²) >= 11 is 1.29. The lowest BCUT2D eigenvalue weighted by Gasteiger charge is -2.22. The van der Waals surface area contributed by atoms with E-state index in [-0.39, 0.29) is 18.3 Å². The number of aryl methyl sites for hydroxylation is 2. The largest absolute Gasteiger partial charge is 0.478 e. The number of aromatic carboxylic acids is 1. The third-order valence-corrected chi connectivity index (χ3v) is 6.37. The summed E-state index contributed by atoms with van der Waals surface area (Å²) in [4.78, 5) is 21.7. The van der Waals surface area contributed by atoms with Gasteiger partial charge in [-0.15, -0.1) is 0 Å². The number of benzene rings is 2. The minimum atomic E-state index is -0.988. The Morgan fingerprint density at radius 2 is 1.81 bits per heavy atom. The number of methoxy groups -OCH3 is 1. The van der Waals surface area contributed by atoms with Gasteiger partial charge in [0.05, 0.1) is 11.3 Å². The van der Waals surface area contributed by atoms with Gasteiger partial charge in [0.15, 0.2) is 0 Å². The maximum Gasteiger partial charge on any atom is 0.335 e. The molecule has 0 amide bonds. The Hall–Kier alpha value is -3.14. The molecule has 1 atom stereocenters. The van der Waals surface area contributed by atoms with Gasteiger partial charge in [0.2, 0.25) is 11.8 Å². The number of nitrogens with two attached hydrogens (primary N) is 1. The molecule has 9 heteroatoms. The number of nitrogens with zero attached hydrogens (tertiary/aromatic N) is 3. The van der Waals surface area contributed by atoms with Crippen LogP contribution in [0.4, 0.5) is 5.95 Å². The van der Waals surface area contributed by atoms with E-state index in [0.29, 0.717) is 24.4 Å². The minimum Gasteiger partial charge on any atom is -0.478 e. The molecule has 3 aromatic rings. The molecule has 0 aliphatic carbocycles. The molecule has 3 N–H and O–H groups in total. The summed E-state index contributed by atoms with van der Waals surface area (Å²) in [6.45, 7) is 8.84. The highest BCUT2D eigenvalue weighted by molar-refractivity contribution is 8.00. The molecule has 8 nitrogen and oxygen atoms in total. The number of hydrogen-bond acceptors (Lipinski definition) is 8. The zero-order valence-electron chi connectivity index (χ0n) is 21.4. The first kappa shape index (κ1) is 27.4. The molecule has 0 fully saturated rings. The van der Waals surface area contributed by atoms with Gasteiger partial charge in [-0.05, 0) is 67.5 Å². The lowest BCUT2D eigenvalue weighted by Crippen LogP contribution is -2.29. The van der Waals surface area contributed by atoms with Gasteiger partial charge in [0.1, 0.15) is 13.3 Å². The van der Waals surface area contributed by atoms with E-state index < -0.39 is 5.97 Å². The number of hydrogen-bond donors (Lipinski definition) is 2. The van der Waals surface area contributed by atoms with E-state index in [1.54, 1.807) is 29.6 Å². The summed E-state index contributed by atoms with van der Waals surface area (Å²) < 4.78 is 13.2. The van der Waals surface area contributed by atoms with Gasteiger partial charge in [-0.25, -0.2) is 9.78 Å². The second-order valence-electron chi connectivity index (χ2n) is 9.08. The fraction of sp³-hybridized carbons (Fsp3) is 0.370. The quantitative estimate of drug-likeness (QED) is 0.247. The first-order chi connectivity index (χ1) is 17.2. The second-order valence-corrected chi connectivity index (χ2v) is 10.2. The van der Waals surface area contributed by atoms with Crippen molar-refractivity contribution in [2.45, 2.75) is 45.1 Å². The van der Waals surface area contributed by atoms with Gasteiger partial charge in [-0.1, -0.05) is 38.1 Å². The van der Waals surface area contributed by atoms with Gasteiger partial charge in [-0.2, -0.15) is 4.98 Å². The van der Waals surface area contributed by atoms with Crippen LogP contribution in [0.2, 0.25) is 0 Å². The third kappa shape index (κ3) is 7.43.